The van der Waals surface area contributed by atoms with Gasteiger partial charge in [-0.3, -0.25) is 4.90 Å². The number of nitrogens with zero attached hydrogens (tertiary/aromatic N) is 3. The monoisotopic (exact) mass is 465 g/mol. The van der Waals surface area contributed by atoms with Crippen LogP contribution in [0.1, 0.15) is 48.7 Å². The van der Waals surface area contributed by atoms with Crippen LogP contribution in [-0.4, -0.2) is 48.1 Å². The highest BCUT2D eigenvalue weighted by atomic mass is 127. The number of halogens is 1. The van der Waals surface area contributed by atoms with Crippen molar-refractivity contribution in [2.24, 2.45) is 4.99 Å². The fourth-order valence-electron chi connectivity index (χ4n) is 2.90. The molecule has 0 spiro atoms. The maximum atomic E-state index is 4.66. The second-order valence-electron chi connectivity index (χ2n) is 6.25. The summed E-state index contributed by atoms with van der Waals surface area (Å²) in [5.74, 6) is 0.891. The van der Waals surface area contributed by atoms with Crippen molar-refractivity contribution < 1.29 is 0 Å². The zero-order chi connectivity index (χ0) is 16.7. The Morgan fingerprint density at radius 3 is 2.75 bits per heavy atom. The van der Waals surface area contributed by atoms with E-state index in [0.29, 0.717) is 12.6 Å². The number of aryl methyl sites for hydroxylation is 2. The first-order chi connectivity index (χ1) is 11.1. The molecular weight excluding hydrogens is 433 g/mol. The molecule has 2 N–H and O–H groups in total. The SMILES string of the molecule is CCNC(=NCc1nc(C)c(C)s1)NCCN1CCCCC1C.I. The number of likely N-dealkylation sites (tertiary alicyclic amines) is 1. The lowest BCUT2D eigenvalue weighted by Crippen LogP contribution is -2.45. The van der Waals surface area contributed by atoms with Crippen molar-refractivity contribution in [1.82, 2.24) is 20.5 Å². The largest absolute Gasteiger partial charge is 0.357 e. The molecule has 1 aliphatic rings. The predicted molar refractivity (Wildman–Crippen MR) is 115 cm³/mol. The molecule has 0 amide bonds. The number of thiazole rings is 1. The standard InChI is InChI=1S/C17H31N5S.HI/c1-5-18-17(20-12-16-21-14(3)15(4)23-16)19-9-11-22-10-7-6-8-13(22)2;/h13H,5-12H2,1-4H3,(H2,18,19,20);1H. The van der Waals surface area contributed by atoms with Crippen LogP contribution in [0.2, 0.25) is 0 Å². The number of piperidine rings is 1. The van der Waals surface area contributed by atoms with Crippen LogP contribution in [-0.2, 0) is 6.54 Å². The van der Waals surface area contributed by atoms with Gasteiger partial charge in [-0.05, 0) is 47.1 Å². The smallest absolute Gasteiger partial charge is 0.191 e. The summed E-state index contributed by atoms with van der Waals surface area (Å²) in [6, 6.07) is 0.714. The molecule has 7 heteroatoms. The maximum absolute atomic E-state index is 4.66. The molecule has 1 aromatic rings. The van der Waals surface area contributed by atoms with E-state index in [9.17, 15) is 0 Å². The Kier molecular flexibility index (Phi) is 10.1. The van der Waals surface area contributed by atoms with E-state index in [4.69, 9.17) is 0 Å². The molecule has 1 atom stereocenters. The van der Waals surface area contributed by atoms with Gasteiger partial charge in [-0.25, -0.2) is 9.98 Å². The van der Waals surface area contributed by atoms with Crippen molar-refractivity contribution in [1.29, 1.82) is 0 Å². The molecule has 0 bridgehead atoms. The average molecular weight is 465 g/mol. The number of aromatic nitrogens is 1. The third-order valence-electron chi connectivity index (χ3n) is 4.42. The van der Waals surface area contributed by atoms with Gasteiger partial charge in [0.15, 0.2) is 5.96 Å². The summed E-state index contributed by atoms with van der Waals surface area (Å²) in [6.07, 6.45) is 4.04. The Hall–Kier alpha value is -0.410. The predicted octanol–water partition coefficient (Wildman–Crippen LogP) is 3.31. The number of hydrogen-bond donors (Lipinski definition) is 2. The summed E-state index contributed by atoms with van der Waals surface area (Å²) in [5.41, 5.74) is 1.12. The number of nitrogens with one attached hydrogen (secondary N) is 2. The van der Waals surface area contributed by atoms with Gasteiger partial charge in [0.1, 0.15) is 5.01 Å². The molecule has 2 heterocycles. The molecular formula is C17H32IN5S. The third-order valence-corrected chi connectivity index (χ3v) is 5.48. The van der Waals surface area contributed by atoms with Crippen molar-refractivity contribution in [2.45, 2.75) is 59.5 Å². The molecule has 0 aromatic carbocycles. The van der Waals surface area contributed by atoms with Crippen molar-refractivity contribution in [3.63, 3.8) is 0 Å². The molecule has 138 valence electrons. The van der Waals surface area contributed by atoms with Gasteiger partial charge < -0.3 is 10.6 Å². The molecule has 24 heavy (non-hydrogen) atoms. The normalized spacial score (nSPS) is 19.0. The summed E-state index contributed by atoms with van der Waals surface area (Å²) >= 11 is 1.74. The quantitative estimate of drug-likeness (QED) is 0.385. The van der Waals surface area contributed by atoms with E-state index in [2.05, 4.69) is 53.2 Å². The number of guanidine groups is 1. The molecule has 5 nitrogen and oxygen atoms in total. The van der Waals surface area contributed by atoms with Crippen LogP contribution >= 0.6 is 35.3 Å². The minimum Gasteiger partial charge on any atom is -0.357 e. The highest BCUT2D eigenvalue weighted by Crippen LogP contribution is 2.17. The van der Waals surface area contributed by atoms with E-state index >= 15 is 0 Å². The lowest BCUT2D eigenvalue weighted by atomic mass is 10.0. The summed E-state index contributed by atoms with van der Waals surface area (Å²) in [7, 11) is 0. The first-order valence-electron chi connectivity index (χ1n) is 8.79. The zero-order valence-corrected chi connectivity index (χ0v) is 18.5. The zero-order valence-electron chi connectivity index (χ0n) is 15.4. The number of rotatable bonds is 6. The first-order valence-corrected chi connectivity index (χ1v) is 9.61. The van der Waals surface area contributed by atoms with Gasteiger partial charge in [0.25, 0.3) is 0 Å². The Labute approximate surface area is 167 Å². The Balaban J connectivity index is 0.00000288. The summed E-state index contributed by atoms with van der Waals surface area (Å²) < 4.78 is 0. The van der Waals surface area contributed by atoms with Crippen molar-refractivity contribution in [3.05, 3.63) is 15.6 Å². The fourth-order valence-corrected chi connectivity index (χ4v) is 3.76. The van der Waals surface area contributed by atoms with Crippen molar-refractivity contribution in [2.75, 3.05) is 26.2 Å². The van der Waals surface area contributed by atoms with E-state index in [1.165, 1.54) is 30.7 Å². The van der Waals surface area contributed by atoms with Gasteiger partial charge in [0, 0.05) is 30.6 Å². The van der Waals surface area contributed by atoms with Crippen LogP contribution in [0.25, 0.3) is 0 Å². The van der Waals surface area contributed by atoms with Gasteiger partial charge in [0.2, 0.25) is 0 Å². The van der Waals surface area contributed by atoms with Gasteiger partial charge >= 0.3 is 0 Å². The van der Waals surface area contributed by atoms with Crippen LogP contribution in [0, 0.1) is 13.8 Å². The number of hydrogen-bond acceptors (Lipinski definition) is 4. The highest BCUT2D eigenvalue weighted by Gasteiger charge is 2.17. The fraction of sp³-hybridized carbons (Fsp3) is 0.765. The molecule has 0 saturated carbocycles. The van der Waals surface area contributed by atoms with Crippen LogP contribution in [0.5, 0.6) is 0 Å². The first kappa shape index (κ1) is 21.6. The molecule has 2 rings (SSSR count). The van der Waals surface area contributed by atoms with Crippen molar-refractivity contribution in [3.8, 4) is 0 Å². The van der Waals surface area contributed by atoms with Crippen LogP contribution < -0.4 is 10.6 Å². The third kappa shape index (κ3) is 6.84. The van der Waals surface area contributed by atoms with Gasteiger partial charge in [0.05, 0.1) is 12.2 Å². The second kappa shape index (κ2) is 11.3. The van der Waals surface area contributed by atoms with E-state index in [1.54, 1.807) is 11.3 Å². The Bertz CT molecular complexity index is 498. The summed E-state index contributed by atoms with van der Waals surface area (Å²) in [4.78, 5) is 13.1. The van der Waals surface area contributed by atoms with E-state index < -0.39 is 0 Å². The molecule has 1 saturated heterocycles. The molecule has 1 unspecified atom stereocenters. The lowest BCUT2D eigenvalue weighted by molar-refractivity contribution is 0.163. The minimum atomic E-state index is 0. The lowest BCUT2D eigenvalue weighted by Gasteiger charge is -2.33. The van der Waals surface area contributed by atoms with Crippen LogP contribution in [0.4, 0.5) is 0 Å². The van der Waals surface area contributed by atoms with Crippen LogP contribution in [0.3, 0.4) is 0 Å². The summed E-state index contributed by atoms with van der Waals surface area (Å²) in [5, 5.41) is 7.86. The van der Waals surface area contributed by atoms with Gasteiger partial charge in [-0.15, -0.1) is 35.3 Å². The van der Waals surface area contributed by atoms with E-state index in [-0.39, 0.29) is 24.0 Å². The van der Waals surface area contributed by atoms with E-state index in [1.807, 2.05) is 0 Å². The van der Waals surface area contributed by atoms with E-state index in [0.717, 1.165) is 36.3 Å². The summed E-state index contributed by atoms with van der Waals surface area (Å²) in [6.45, 7) is 13.4. The minimum absolute atomic E-state index is 0. The molecule has 1 fully saturated rings. The Morgan fingerprint density at radius 2 is 2.12 bits per heavy atom. The molecule has 0 radical (unpaired) electrons. The second-order valence-corrected chi connectivity index (χ2v) is 7.54. The highest BCUT2D eigenvalue weighted by molar-refractivity contribution is 14.0. The average Bonchev–Trinajstić information content (AvgIpc) is 2.85. The molecule has 0 aliphatic carbocycles. The van der Waals surface area contributed by atoms with Crippen molar-refractivity contribution >= 4 is 41.3 Å². The van der Waals surface area contributed by atoms with Crippen LogP contribution in [0.15, 0.2) is 4.99 Å². The maximum Gasteiger partial charge on any atom is 0.191 e. The topological polar surface area (TPSA) is 52.6 Å². The van der Waals surface area contributed by atoms with Gasteiger partial charge in [-0.2, -0.15) is 0 Å². The van der Waals surface area contributed by atoms with Gasteiger partial charge in [-0.1, -0.05) is 6.42 Å². The molecule has 1 aliphatic heterocycles. The number of aliphatic imine (C=N–C) groups is 1. The Morgan fingerprint density at radius 1 is 1.33 bits per heavy atom. The molecule has 1 aromatic heterocycles.